The summed E-state index contributed by atoms with van der Waals surface area (Å²) in [6.07, 6.45) is 3.52. The van der Waals surface area contributed by atoms with Crippen LogP contribution in [0.3, 0.4) is 0 Å². The van der Waals surface area contributed by atoms with E-state index in [4.69, 9.17) is 28.4 Å². The second-order valence-corrected chi connectivity index (χ2v) is 8.60. The topological polar surface area (TPSA) is 95.9 Å². The molecule has 1 N–H and O–H groups in total. The maximum Gasteiger partial charge on any atom is 0.247 e. The molecule has 2 aromatic rings. The molecule has 1 heterocycles. The molecule has 1 amide bonds. The van der Waals surface area contributed by atoms with Gasteiger partial charge in [0.1, 0.15) is 0 Å². The van der Waals surface area contributed by atoms with E-state index in [0.29, 0.717) is 51.7 Å². The largest absolute Gasteiger partial charge is 0.493 e. The van der Waals surface area contributed by atoms with E-state index in [1.54, 1.807) is 41.4 Å². The van der Waals surface area contributed by atoms with Crippen molar-refractivity contribution in [2.45, 2.75) is 52.2 Å². The Morgan fingerprint density at radius 1 is 0.946 bits per heavy atom. The molecule has 2 aromatic carbocycles. The number of hydrogen-bond donors (Lipinski definition) is 1. The van der Waals surface area contributed by atoms with Gasteiger partial charge in [0, 0.05) is 12.5 Å². The van der Waals surface area contributed by atoms with Crippen LogP contribution in [0, 0.1) is 0 Å². The Labute approximate surface area is 218 Å². The highest BCUT2D eigenvalue weighted by atomic mass is 16.5. The zero-order chi connectivity index (χ0) is 27.1. The van der Waals surface area contributed by atoms with Crippen molar-refractivity contribution in [2.24, 2.45) is 0 Å². The molecule has 9 nitrogen and oxygen atoms in total. The zero-order valence-electron chi connectivity index (χ0n) is 22.6. The van der Waals surface area contributed by atoms with Gasteiger partial charge in [0.05, 0.1) is 53.0 Å². The average Bonchev–Trinajstić information content (AvgIpc) is 3.41. The maximum atomic E-state index is 12.0. The van der Waals surface area contributed by atoms with Crippen LogP contribution in [0.1, 0.15) is 68.9 Å². The molecular formula is C28H37NO8. The summed E-state index contributed by atoms with van der Waals surface area (Å²) in [6.45, 7) is 5.49. The van der Waals surface area contributed by atoms with Crippen LogP contribution >= 0.6 is 0 Å². The van der Waals surface area contributed by atoms with Gasteiger partial charge in [-0.1, -0.05) is 13.0 Å². The minimum Gasteiger partial charge on any atom is -0.493 e. The molecular weight excluding hydrogens is 478 g/mol. The van der Waals surface area contributed by atoms with Gasteiger partial charge in [0.25, 0.3) is 0 Å². The van der Waals surface area contributed by atoms with Crippen molar-refractivity contribution in [3.63, 3.8) is 0 Å². The number of hydroxylamine groups is 2. The van der Waals surface area contributed by atoms with Crippen molar-refractivity contribution in [1.82, 2.24) is 5.06 Å². The number of ether oxygens (including phenoxy) is 6. The standard InChI is InChI=1S/C28H37NO8/c1-8-12-36-27-20(21(9-2)29(31)17(3)30)13-18(14-24(27)32-4)22-10-11-23(37-22)19-15-25(33-5)28(35-7)26(16-19)34-6/h9,13-16,22-23,31H,8,10-12H2,1-7H3. The van der Waals surface area contributed by atoms with Gasteiger partial charge in [-0.2, -0.15) is 5.06 Å². The minimum atomic E-state index is -0.515. The molecule has 0 bridgehead atoms. The van der Waals surface area contributed by atoms with E-state index >= 15 is 0 Å². The van der Waals surface area contributed by atoms with Crippen molar-refractivity contribution in [2.75, 3.05) is 35.0 Å². The Kier molecular flexibility index (Phi) is 9.66. The first-order valence-electron chi connectivity index (χ1n) is 12.3. The van der Waals surface area contributed by atoms with Gasteiger partial charge in [-0.05, 0) is 61.6 Å². The fraction of sp³-hybridized carbons (Fsp3) is 0.464. The summed E-state index contributed by atoms with van der Waals surface area (Å²) in [4.78, 5) is 12.0. The number of rotatable bonds is 11. The molecule has 1 aliphatic heterocycles. The summed E-state index contributed by atoms with van der Waals surface area (Å²) in [5.74, 6) is 2.10. The molecule has 37 heavy (non-hydrogen) atoms. The molecule has 0 saturated carbocycles. The third-order valence-corrected chi connectivity index (χ3v) is 6.27. The van der Waals surface area contributed by atoms with Gasteiger partial charge in [-0.25, -0.2) is 0 Å². The first-order valence-corrected chi connectivity index (χ1v) is 12.3. The summed E-state index contributed by atoms with van der Waals surface area (Å²) in [5.41, 5.74) is 2.61. The Morgan fingerprint density at radius 3 is 1.89 bits per heavy atom. The lowest BCUT2D eigenvalue weighted by atomic mass is 9.99. The zero-order valence-corrected chi connectivity index (χ0v) is 22.6. The van der Waals surface area contributed by atoms with Crippen LogP contribution in [-0.4, -0.2) is 51.2 Å². The van der Waals surface area contributed by atoms with Gasteiger partial charge in [0.15, 0.2) is 23.0 Å². The number of allylic oxidation sites excluding steroid dienone is 1. The average molecular weight is 516 g/mol. The maximum absolute atomic E-state index is 12.0. The lowest BCUT2D eigenvalue weighted by Gasteiger charge is -2.24. The fourth-order valence-electron chi connectivity index (χ4n) is 4.48. The van der Waals surface area contributed by atoms with Crippen LogP contribution in [0.4, 0.5) is 0 Å². The summed E-state index contributed by atoms with van der Waals surface area (Å²) < 4.78 is 34.6. The van der Waals surface area contributed by atoms with Crippen molar-refractivity contribution >= 4 is 11.6 Å². The van der Waals surface area contributed by atoms with Crippen molar-refractivity contribution in [3.05, 3.63) is 47.0 Å². The number of carbonyl (C=O) groups is 1. The summed E-state index contributed by atoms with van der Waals surface area (Å²) in [6, 6.07) is 7.57. The fourth-order valence-corrected chi connectivity index (χ4v) is 4.48. The first-order chi connectivity index (χ1) is 17.8. The summed E-state index contributed by atoms with van der Waals surface area (Å²) in [7, 11) is 6.30. The molecule has 1 saturated heterocycles. The highest BCUT2D eigenvalue weighted by Crippen LogP contribution is 2.48. The van der Waals surface area contributed by atoms with E-state index in [0.717, 1.165) is 30.4 Å². The number of methoxy groups -OCH3 is 4. The molecule has 0 radical (unpaired) electrons. The summed E-state index contributed by atoms with van der Waals surface area (Å²) in [5, 5.41) is 11.1. The van der Waals surface area contributed by atoms with Crippen LogP contribution in [0.2, 0.25) is 0 Å². The molecule has 2 atom stereocenters. The number of nitrogens with zero attached hydrogens (tertiary/aromatic N) is 1. The minimum absolute atomic E-state index is 0.197. The second-order valence-electron chi connectivity index (χ2n) is 8.60. The Hall–Kier alpha value is -3.43. The Morgan fingerprint density at radius 2 is 1.46 bits per heavy atom. The van der Waals surface area contributed by atoms with Crippen LogP contribution in [0.5, 0.6) is 28.7 Å². The highest BCUT2D eigenvalue weighted by molar-refractivity contribution is 5.85. The molecule has 2 unspecified atom stereocenters. The van der Waals surface area contributed by atoms with E-state index in [2.05, 4.69) is 0 Å². The van der Waals surface area contributed by atoms with Crippen molar-refractivity contribution in [1.29, 1.82) is 0 Å². The molecule has 3 rings (SSSR count). The van der Waals surface area contributed by atoms with Gasteiger partial charge in [-0.3, -0.25) is 10.0 Å². The molecule has 9 heteroatoms. The Bertz CT molecular complexity index is 1100. The normalized spacial score (nSPS) is 17.4. The summed E-state index contributed by atoms with van der Waals surface area (Å²) >= 11 is 0. The van der Waals surface area contributed by atoms with Crippen LogP contribution in [-0.2, 0) is 9.53 Å². The van der Waals surface area contributed by atoms with E-state index in [1.165, 1.54) is 6.92 Å². The van der Waals surface area contributed by atoms with E-state index in [9.17, 15) is 10.0 Å². The van der Waals surface area contributed by atoms with Gasteiger partial charge >= 0.3 is 0 Å². The first kappa shape index (κ1) is 28.1. The lowest BCUT2D eigenvalue weighted by molar-refractivity contribution is -0.148. The smallest absolute Gasteiger partial charge is 0.247 e. The van der Waals surface area contributed by atoms with Crippen LogP contribution in [0.25, 0.3) is 5.70 Å². The lowest BCUT2D eigenvalue weighted by Crippen LogP contribution is -2.23. The van der Waals surface area contributed by atoms with Crippen molar-refractivity contribution < 1.29 is 38.4 Å². The van der Waals surface area contributed by atoms with Crippen molar-refractivity contribution in [3.8, 4) is 28.7 Å². The molecule has 0 aliphatic carbocycles. The number of hydrogen-bond acceptors (Lipinski definition) is 8. The highest BCUT2D eigenvalue weighted by Gasteiger charge is 2.32. The number of carbonyl (C=O) groups excluding carboxylic acids is 1. The van der Waals surface area contributed by atoms with Gasteiger partial charge in [-0.15, -0.1) is 0 Å². The van der Waals surface area contributed by atoms with Gasteiger partial charge in [0.2, 0.25) is 11.7 Å². The molecule has 202 valence electrons. The molecule has 0 spiro atoms. The monoisotopic (exact) mass is 515 g/mol. The number of benzene rings is 2. The second kappa shape index (κ2) is 12.7. The van der Waals surface area contributed by atoms with Gasteiger partial charge < -0.3 is 28.4 Å². The predicted octanol–water partition coefficient (Wildman–Crippen LogP) is 5.70. The molecule has 1 aliphatic rings. The van der Waals surface area contributed by atoms with Crippen LogP contribution in [0.15, 0.2) is 30.3 Å². The molecule has 1 fully saturated rings. The predicted molar refractivity (Wildman–Crippen MR) is 139 cm³/mol. The Balaban J connectivity index is 2.01. The third-order valence-electron chi connectivity index (χ3n) is 6.27. The van der Waals surface area contributed by atoms with Crippen LogP contribution < -0.4 is 23.7 Å². The van der Waals surface area contributed by atoms with E-state index < -0.39 is 5.91 Å². The van der Waals surface area contributed by atoms with E-state index in [-0.39, 0.29) is 12.2 Å². The third kappa shape index (κ3) is 5.94. The SMILES string of the molecule is CC=C(c1cc(C2CCC(c3cc(OC)c(OC)c(OC)c3)O2)cc(OC)c1OCCC)N(O)C(C)=O. The quantitative estimate of drug-likeness (QED) is 0.301. The molecule has 0 aromatic heterocycles. The number of amides is 1. The van der Waals surface area contributed by atoms with E-state index in [1.807, 2.05) is 31.2 Å².